The van der Waals surface area contributed by atoms with Crippen LogP contribution in [0.4, 0.5) is 5.69 Å². The molecule has 9 rings (SSSR count). The fourth-order valence-corrected chi connectivity index (χ4v) is 13.6. The van der Waals surface area contributed by atoms with Gasteiger partial charge in [0.25, 0.3) is 0 Å². The van der Waals surface area contributed by atoms with Gasteiger partial charge in [0.1, 0.15) is 29.1 Å². The molecule has 0 spiro atoms. The highest BCUT2D eigenvalue weighted by atomic mass is 32.1. The number of allylic oxidation sites excluding steroid dienone is 4. The molecular formula is C49H71N5O8S. The fraction of sp³-hybridized carbons (Fsp3) is 0.714. The van der Waals surface area contributed by atoms with Gasteiger partial charge in [0.15, 0.2) is 12.6 Å². The van der Waals surface area contributed by atoms with E-state index in [1.807, 2.05) is 46.8 Å². The van der Waals surface area contributed by atoms with Crippen molar-refractivity contribution in [1.29, 1.82) is 0 Å². The van der Waals surface area contributed by atoms with E-state index in [2.05, 4.69) is 58.1 Å². The predicted octanol–water partition coefficient (Wildman–Crippen LogP) is 7.27. The van der Waals surface area contributed by atoms with E-state index in [0.29, 0.717) is 17.9 Å². The third-order valence-electron chi connectivity index (χ3n) is 15.6. The molecule has 4 aliphatic heterocycles. The Labute approximate surface area is 377 Å². The summed E-state index contributed by atoms with van der Waals surface area (Å²) in [6, 6.07) is 8.25. The molecule has 63 heavy (non-hydrogen) atoms. The average Bonchev–Trinajstić information content (AvgIpc) is 4.02. The first-order chi connectivity index (χ1) is 30.5. The molecule has 1 saturated carbocycles. The molecule has 0 radical (unpaired) electrons. The normalized spacial score (nSPS) is 40.4. The largest absolute Gasteiger partial charge is 0.399 e. The number of anilines is 1. The molecule has 5 heterocycles. The number of rotatable bonds is 11. The van der Waals surface area contributed by atoms with E-state index in [-0.39, 0.29) is 72.7 Å². The van der Waals surface area contributed by atoms with Crippen LogP contribution in [0.25, 0.3) is 17.0 Å². The van der Waals surface area contributed by atoms with Crippen molar-refractivity contribution in [1.82, 2.24) is 19.9 Å². The van der Waals surface area contributed by atoms with Crippen LogP contribution in [0, 0.1) is 35.5 Å². The first-order valence-corrected chi connectivity index (χ1v) is 24.5. The van der Waals surface area contributed by atoms with Gasteiger partial charge in [0, 0.05) is 67.4 Å². The Balaban J connectivity index is 1.05. The SMILES string of the molecule is CC[C@H]1CCC[C@H](O[C@H]2CC[C@H](N(C)C)C(C)O2)[C@@H](C)C2=S=C(C[C@@H]3C2=C[C@@H]2[C@H]3C=C(n3cc(-c4ccc(N)cc4)nn3)[C@@H]3C[C@@H](O[C@@H]4OC(C)[C@H](OC)C(OC)C4OC)C[C@@H]23)O1. The van der Waals surface area contributed by atoms with E-state index in [1.165, 1.54) is 16.1 Å². The van der Waals surface area contributed by atoms with Crippen LogP contribution in [-0.2, 0) is 37.9 Å². The third-order valence-corrected chi connectivity index (χ3v) is 16.9. The monoisotopic (exact) mass is 890 g/mol. The number of hydrogen-bond donors (Lipinski definition) is 1. The molecule has 346 valence electrons. The number of hydrogen-bond acceptors (Lipinski definition) is 12. The van der Waals surface area contributed by atoms with E-state index in [0.717, 1.165) is 79.8 Å². The van der Waals surface area contributed by atoms with Crippen molar-refractivity contribution in [3.63, 3.8) is 0 Å². The Morgan fingerprint density at radius 2 is 1.63 bits per heavy atom. The molecule has 2 saturated heterocycles. The van der Waals surface area contributed by atoms with Crippen molar-refractivity contribution in [2.24, 2.45) is 35.5 Å². The topological polar surface area (TPSA) is 134 Å². The maximum absolute atomic E-state index is 7.09. The lowest BCUT2D eigenvalue weighted by molar-refractivity contribution is -0.314. The maximum Gasteiger partial charge on any atom is 0.187 e. The van der Waals surface area contributed by atoms with Crippen molar-refractivity contribution in [3.05, 3.63) is 48.2 Å². The zero-order valence-corrected chi connectivity index (χ0v) is 39.6. The molecule has 7 aliphatic rings. The van der Waals surface area contributed by atoms with Gasteiger partial charge in [-0.15, -0.1) is 16.0 Å². The molecule has 1 aromatic carbocycles. The minimum atomic E-state index is -0.600. The highest BCUT2D eigenvalue weighted by Crippen LogP contribution is 2.58. The summed E-state index contributed by atoms with van der Waals surface area (Å²) in [6.45, 7) is 8.86. The summed E-state index contributed by atoms with van der Waals surface area (Å²) in [7, 11) is 11.3. The van der Waals surface area contributed by atoms with E-state index in [1.54, 1.807) is 21.3 Å². The van der Waals surface area contributed by atoms with E-state index in [9.17, 15) is 0 Å². The van der Waals surface area contributed by atoms with Crippen LogP contribution in [0.5, 0.6) is 0 Å². The molecule has 2 bridgehead atoms. The maximum atomic E-state index is 7.09. The lowest BCUT2D eigenvalue weighted by Gasteiger charge is -2.44. The second-order valence-corrected chi connectivity index (χ2v) is 20.5. The minimum absolute atomic E-state index is 0.0463. The number of nitrogens with two attached hydrogens (primary N) is 1. The molecule has 2 aromatic rings. The van der Waals surface area contributed by atoms with Gasteiger partial charge in [0.05, 0.1) is 36.7 Å². The van der Waals surface area contributed by atoms with Crippen LogP contribution in [0.1, 0.15) is 85.5 Å². The summed E-state index contributed by atoms with van der Waals surface area (Å²) in [5, 5.41) is 10.7. The summed E-state index contributed by atoms with van der Waals surface area (Å²) in [6.07, 6.45) is 14.1. The summed E-state index contributed by atoms with van der Waals surface area (Å²) >= 11 is 0. The molecule has 17 atom stereocenters. The number of likely N-dealkylation sites (N-methyl/N-ethyl adjacent to an activating group) is 1. The first kappa shape index (κ1) is 45.4. The van der Waals surface area contributed by atoms with Gasteiger partial charge in [-0.25, -0.2) is 4.68 Å². The highest BCUT2D eigenvalue weighted by Gasteiger charge is 2.54. The minimum Gasteiger partial charge on any atom is -0.399 e. The summed E-state index contributed by atoms with van der Waals surface area (Å²) in [5.74, 6) is 1.54. The van der Waals surface area contributed by atoms with E-state index in [4.69, 9.17) is 53.9 Å². The highest BCUT2D eigenvalue weighted by molar-refractivity contribution is 7.98. The number of benzene rings is 1. The number of methoxy groups -OCH3 is 3. The Morgan fingerprint density at radius 3 is 2.35 bits per heavy atom. The van der Waals surface area contributed by atoms with Crippen LogP contribution < -0.4 is 5.73 Å². The Kier molecular flexibility index (Phi) is 13.9. The fourth-order valence-electron chi connectivity index (χ4n) is 12.2. The number of ether oxygens (including phenoxy) is 8. The molecule has 13 nitrogen and oxygen atoms in total. The van der Waals surface area contributed by atoms with Crippen molar-refractivity contribution >= 4 is 32.2 Å². The number of nitrogen functional groups attached to an aromatic ring is 1. The number of aromatic nitrogens is 3. The Bertz CT molecular complexity index is 2050. The zero-order chi connectivity index (χ0) is 44.1. The summed E-state index contributed by atoms with van der Waals surface area (Å²) < 4.78 is 54.0. The van der Waals surface area contributed by atoms with Crippen molar-refractivity contribution in [2.75, 3.05) is 41.2 Å². The van der Waals surface area contributed by atoms with Crippen LogP contribution in [0.2, 0.25) is 0 Å². The number of nitrogens with zero attached hydrogens (tertiary/aromatic N) is 4. The third kappa shape index (κ3) is 8.95. The molecule has 14 heteroatoms. The van der Waals surface area contributed by atoms with Crippen molar-refractivity contribution < 1.29 is 37.9 Å². The van der Waals surface area contributed by atoms with Crippen LogP contribution >= 0.6 is 10.9 Å². The van der Waals surface area contributed by atoms with Crippen LogP contribution in [-0.4, -0.2) is 133 Å². The van der Waals surface area contributed by atoms with Gasteiger partial charge in [-0.2, -0.15) is 0 Å². The molecular weight excluding hydrogens is 819 g/mol. The van der Waals surface area contributed by atoms with Gasteiger partial charge < -0.3 is 48.5 Å². The Morgan fingerprint density at radius 1 is 0.857 bits per heavy atom. The van der Waals surface area contributed by atoms with Gasteiger partial charge in [-0.05, 0) is 121 Å². The molecule has 1 aromatic heterocycles. The number of fused-ring (bicyclic) bond motifs is 6. The first-order valence-electron chi connectivity index (χ1n) is 23.6. The smallest absolute Gasteiger partial charge is 0.187 e. The zero-order valence-electron chi connectivity index (χ0n) is 38.8. The van der Waals surface area contributed by atoms with Gasteiger partial charge >= 0.3 is 0 Å². The molecule has 3 aliphatic carbocycles. The lowest BCUT2D eigenvalue weighted by atomic mass is 9.69. The van der Waals surface area contributed by atoms with Gasteiger partial charge in [0.2, 0.25) is 0 Å². The molecule has 3 fully saturated rings. The predicted molar refractivity (Wildman–Crippen MR) is 247 cm³/mol. The molecule has 4 unspecified atom stereocenters. The van der Waals surface area contributed by atoms with Crippen molar-refractivity contribution in [2.45, 2.75) is 153 Å². The summed E-state index contributed by atoms with van der Waals surface area (Å²) in [4.78, 5) is 3.69. The molecule has 0 amide bonds. The standard InChI is InChI=1S/C49H71N5O8S/c1-10-31-12-11-13-42(62-43-19-18-40(53(5)6)27(3)58-43)26(2)48-38-22-34-33-20-32(61-49-47(57-9)46(56-8)45(55-7)28(4)59-49)21-37(33)41(23-35(34)36(38)24-44(60-31)63-48)54-25-39(51-52-54)29-14-16-30(50)17-15-29/h14-17,22-23,25-28,31-37,40,42-43,45-47,49H,10-13,18-21,24,50H2,1-9H3/t26-,27?,28?,31+,32+,33+,34+,35-,36+,37-,40+,42+,43+,45+,46?,47?,49+/m1/s1. The molecule has 2 N–H and O–H groups in total. The second kappa shape index (κ2) is 19.2. The quantitative estimate of drug-likeness (QED) is 0.180. The Hall–Kier alpha value is -2.76. The van der Waals surface area contributed by atoms with Crippen LogP contribution in [0.15, 0.2) is 48.2 Å². The summed E-state index contributed by atoms with van der Waals surface area (Å²) in [5.41, 5.74) is 11.2. The second-order valence-electron chi connectivity index (χ2n) is 19.4. The van der Waals surface area contributed by atoms with Crippen LogP contribution in [0.3, 0.4) is 0 Å². The van der Waals surface area contributed by atoms with Gasteiger partial charge in [-0.1, -0.05) is 43.3 Å². The van der Waals surface area contributed by atoms with Crippen molar-refractivity contribution in [3.8, 4) is 11.3 Å². The van der Waals surface area contributed by atoms with E-state index >= 15 is 0 Å². The van der Waals surface area contributed by atoms with Gasteiger partial charge in [-0.3, -0.25) is 0 Å². The lowest BCUT2D eigenvalue weighted by Crippen LogP contribution is -2.59. The van der Waals surface area contributed by atoms with E-state index < -0.39 is 12.4 Å². The average molecular weight is 890 g/mol.